The molecule has 1 aromatic carbocycles. The van der Waals surface area contributed by atoms with E-state index < -0.39 is 0 Å². The van der Waals surface area contributed by atoms with Gasteiger partial charge in [0.2, 0.25) is 5.91 Å². The molecule has 2 saturated carbocycles. The molecular formula is C22H24N4O. The normalized spacial score (nSPS) is 18.7. The fraction of sp³-hybridized carbons (Fsp3) is 0.409. The topological polar surface area (TPSA) is 59.8 Å². The standard InChI is InChI=1S/C22H24N4O/c27-22(24-17-5-1-2-6-17)20(15-9-10-15)26-19-8-4-3-7-18(19)25-21(26)16-11-13-23-14-12-16/h3-4,7-8,11-15,17,20H,1-2,5-6,9-10H2,(H,24,27). The van der Waals surface area contributed by atoms with Crippen molar-refractivity contribution in [2.24, 2.45) is 5.92 Å². The number of carbonyl (C=O) groups excluding carboxylic acids is 1. The van der Waals surface area contributed by atoms with Crippen LogP contribution in [0.3, 0.4) is 0 Å². The number of imidazole rings is 1. The molecule has 138 valence electrons. The molecule has 1 unspecified atom stereocenters. The van der Waals surface area contributed by atoms with Crippen molar-refractivity contribution in [2.75, 3.05) is 0 Å². The minimum Gasteiger partial charge on any atom is -0.352 e. The SMILES string of the molecule is O=C(NC1CCCC1)C(C1CC1)n1c(-c2ccncc2)nc2ccccc21. The number of carbonyl (C=O) groups is 1. The lowest BCUT2D eigenvalue weighted by Gasteiger charge is -2.23. The van der Waals surface area contributed by atoms with Gasteiger partial charge in [-0.25, -0.2) is 4.98 Å². The van der Waals surface area contributed by atoms with Gasteiger partial charge < -0.3 is 9.88 Å². The molecule has 5 rings (SSSR count). The fourth-order valence-corrected chi connectivity index (χ4v) is 4.34. The molecule has 5 nitrogen and oxygen atoms in total. The van der Waals surface area contributed by atoms with Crippen LogP contribution in [-0.4, -0.2) is 26.5 Å². The van der Waals surface area contributed by atoms with Crippen LogP contribution in [0.1, 0.15) is 44.6 Å². The van der Waals surface area contributed by atoms with Crippen LogP contribution in [0.4, 0.5) is 0 Å². The highest BCUT2D eigenvalue weighted by molar-refractivity contribution is 5.87. The molecule has 2 aromatic heterocycles. The number of nitrogens with one attached hydrogen (secondary N) is 1. The first kappa shape index (κ1) is 16.5. The maximum Gasteiger partial charge on any atom is 0.243 e. The summed E-state index contributed by atoms with van der Waals surface area (Å²) < 4.78 is 2.17. The first-order chi connectivity index (χ1) is 13.3. The van der Waals surface area contributed by atoms with E-state index in [1.807, 2.05) is 30.3 Å². The molecule has 0 aliphatic heterocycles. The molecule has 0 spiro atoms. The van der Waals surface area contributed by atoms with Gasteiger partial charge in [0.25, 0.3) is 0 Å². The van der Waals surface area contributed by atoms with E-state index in [1.54, 1.807) is 12.4 Å². The summed E-state index contributed by atoms with van der Waals surface area (Å²) in [5.41, 5.74) is 2.96. The maximum atomic E-state index is 13.3. The van der Waals surface area contributed by atoms with Crippen LogP contribution in [0.25, 0.3) is 22.4 Å². The lowest BCUT2D eigenvalue weighted by molar-refractivity contribution is -0.125. The van der Waals surface area contributed by atoms with Crippen LogP contribution in [0, 0.1) is 5.92 Å². The maximum absolute atomic E-state index is 13.3. The lowest BCUT2D eigenvalue weighted by Crippen LogP contribution is -2.39. The Morgan fingerprint density at radius 2 is 1.78 bits per heavy atom. The molecule has 1 amide bonds. The minimum atomic E-state index is -0.193. The van der Waals surface area contributed by atoms with Crippen molar-refractivity contribution in [3.63, 3.8) is 0 Å². The second kappa shape index (κ2) is 6.80. The Bertz CT molecular complexity index is 955. The highest BCUT2D eigenvalue weighted by atomic mass is 16.2. The van der Waals surface area contributed by atoms with Crippen molar-refractivity contribution >= 4 is 16.9 Å². The van der Waals surface area contributed by atoms with Crippen LogP contribution < -0.4 is 5.32 Å². The van der Waals surface area contributed by atoms with Crippen LogP contribution in [-0.2, 0) is 4.79 Å². The first-order valence-electron chi connectivity index (χ1n) is 9.99. The number of hydrogen-bond donors (Lipinski definition) is 1. The Morgan fingerprint density at radius 1 is 1.04 bits per heavy atom. The molecule has 1 N–H and O–H groups in total. The predicted molar refractivity (Wildman–Crippen MR) is 105 cm³/mol. The second-order valence-corrected chi connectivity index (χ2v) is 7.80. The molecule has 2 heterocycles. The van der Waals surface area contributed by atoms with Crippen LogP contribution >= 0.6 is 0 Å². The average Bonchev–Trinajstić information content (AvgIpc) is 3.26. The van der Waals surface area contributed by atoms with Gasteiger partial charge in [-0.05, 0) is 55.9 Å². The summed E-state index contributed by atoms with van der Waals surface area (Å²) in [5, 5.41) is 3.33. The average molecular weight is 360 g/mol. The molecular weight excluding hydrogens is 336 g/mol. The van der Waals surface area contributed by atoms with Gasteiger partial charge in [0.05, 0.1) is 11.0 Å². The Morgan fingerprint density at radius 3 is 2.52 bits per heavy atom. The van der Waals surface area contributed by atoms with E-state index in [2.05, 4.69) is 20.9 Å². The molecule has 27 heavy (non-hydrogen) atoms. The van der Waals surface area contributed by atoms with Gasteiger partial charge in [0.15, 0.2) is 0 Å². The zero-order chi connectivity index (χ0) is 18.2. The number of nitrogens with zero attached hydrogens (tertiary/aromatic N) is 3. The Hall–Kier alpha value is -2.69. The number of fused-ring (bicyclic) bond motifs is 1. The number of benzene rings is 1. The van der Waals surface area contributed by atoms with E-state index in [-0.39, 0.29) is 11.9 Å². The van der Waals surface area contributed by atoms with Crippen molar-refractivity contribution in [3.05, 3.63) is 48.8 Å². The van der Waals surface area contributed by atoms with Gasteiger partial charge in [-0.15, -0.1) is 0 Å². The van der Waals surface area contributed by atoms with Crippen LogP contribution in [0.15, 0.2) is 48.8 Å². The third kappa shape index (κ3) is 3.11. The third-order valence-electron chi connectivity index (χ3n) is 5.85. The smallest absolute Gasteiger partial charge is 0.243 e. The van der Waals surface area contributed by atoms with E-state index in [9.17, 15) is 4.79 Å². The van der Waals surface area contributed by atoms with Crippen LogP contribution in [0.2, 0.25) is 0 Å². The predicted octanol–water partition coefficient (Wildman–Crippen LogP) is 4.11. The molecule has 0 saturated heterocycles. The lowest BCUT2D eigenvalue weighted by atomic mass is 10.1. The zero-order valence-electron chi connectivity index (χ0n) is 15.3. The number of rotatable bonds is 5. The Labute approximate surface area is 158 Å². The van der Waals surface area contributed by atoms with Gasteiger partial charge in [-0.1, -0.05) is 25.0 Å². The van der Waals surface area contributed by atoms with Gasteiger partial charge >= 0.3 is 0 Å². The highest BCUT2D eigenvalue weighted by Gasteiger charge is 2.40. The second-order valence-electron chi connectivity index (χ2n) is 7.80. The molecule has 2 aliphatic carbocycles. The summed E-state index contributed by atoms with van der Waals surface area (Å²) in [7, 11) is 0. The quantitative estimate of drug-likeness (QED) is 0.745. The van der Waals surface area contributed by atoms with Gasteiger partial charge in [0, 0.05) is 24.0 Å². The van der Waals surface area contributed by atoms with E-state index in [0.717, 1.165) is 48.1 Å². The summed E-state index contributed by atoms with van der Waals surface area (Å²) >= 11 is 0. The molecule has 2 fully saturated rings. The Balaban J connectivity index is 1.61. The van der Waals surface area contributed by atoms with Crippen molar-refractivity contribution in [3.8, 4) is 11.4 Å². The van der Waals surface area contributed by atoms with E-state index in [0.29, 0.717) is 12.0 Å². The monoisotopic (exact) mass is 360 g/mol. The number of pyridine rings is 1. The third-order valence-corrected chi connectivity index (χ3v) is 5.85. The summed E-state index contributed by atoms with van der Waals surface area (Å²) in [5.74, 6) is 1.41. The molecule has 2 aliphatic rings. The molecule has 0 radical (unpaired) electrons. The van der Waals surface area contributed by atoms with Crippen molar-refractivity contribution in [1.82, 2.24) is 19.9 Å². The van der Waals surface area contributed by atoms with Gasteiger partial charge in [0.1, 0.15) is 11.9 Å². The number of amides is 1. The molecule has 5 heteroatoms. The van der Waals surface area contributed by atoms with Gasteiger partial charge in [-0.3, -0.25) is 9.78 Å². The van der Waals surface area contributed by atoms with E-state index >= 15 is 0 Å². The summed E-state index contributed by atoms with van der Waals surface area (Å²) in [6, 6.07) is 12.2. The minimum absolute atomic E-state index is 0.155. The Kier molecular flexibility index (Phi) is 4.15. The summed E-state index contributed by atoms with van der Waals surface area (Å²) in [4.78, 5) is 22.4. The molecule has 1 atom stereocenters. The van der Waals surface area contributed by atoms with Crippen LogP contribution in [0.5, 0.6) is 0 Å². The highest BCUT2D eigenvalue weighted by Crippen LogP contribution is 2.43. The van der Waals surface area contributed by atoms with Crippen molar-refractivity contribution in [2.45, 2.75) is 50.6 Å². The van der Waals surface area contributed by atoms with Gasteiger partial charge in [-0.2, -0.15) is 0 Å². The van der Waals surface area contributed by atoms with Crippen molar-refractivity contribution in [1.29, 1.82) is 0 Å². The fourth-order valence-electron chi connectivity index (χ4n) is 4.34. The molecule has 3 aromatic rings. The number of para-hydroxylation sites is 2. The first-order valence-corrected chi connectivity index (χ1v) is 9.99. The summed E-state index contributed by atoms with van der Waals surface area (Å²) in [6.07, 6.45) is 10.4. The van der Waals surface area contributed by atoms with Crippen molar-refractivity contribution < 1.29 is 4.79 Å². The van der Waals surface area contributed by atoms with E-state index in [1.165, 1.54) is 12.8 Å². The zero-order valence-corrected chi connectivity index (χ0v) is 15.3. The number of hydrogen-bond acceptors (Lipinski definition) is 3. The molecule has 0 bridgehead atoms. The van der Waals surface area contributed by atoms with E-state index in [4.69, 9.17) is 4.98 Å². The summed E-state index contributed by atoms with van der Waals surface area (Å²) in [6.45, 7) is 0. The largest absolute Gasteiger partial charge is 0.352 e. The number of aromatic nitrogens is 3.